The predicted octanol–water partition coefficient (Wildman–Crippen LogP) is -1.26. The molecule has 63 heavy (non-hydrogen) atoms. The highest BCUT2D eigenvalue weighted by molar-refractivity contribution is 5.74. The Morgan fingerprint density at radius 1 is 0.381 bits per heavy atom. The molecule has 3 aliphatic heterocycles. The number of hydrogen-bond acceptors (Lipinski definition) is 24. The number of carbonyl (C=O) groups excluding carboxylic acids is 10. The molecule has 0 unspecified atom stereocenters. The Balaban J connectivity index is 2.35. The molecule has 15 atom stereocenters. The average molecular weight is 908 g/mol. The summed E-state index contributed by atoms with van der Waals surface area (Å²) >= 11 is 0. The van der Waals surface area contributed by atoms with Gasteiger partial charge in [-0.3, -0.25) is 47.9 Å². The summed E-state index contributed by atoms with van der Waals surface area (Å²) in [6, 6.07) is -1.65. The van der Waals surface area contributed by atoms with Crippen LogP contribution in [0.2, 0.25) is 0 Å². The second-order valence-electron chi connectivity index (χ2n) is 14.4. The molecule has 0 aromatic carbocycles. The molecule has 25 heteroatoms. The SMILES string of the molecule is CC(=O)N[C@H]1[C@H](OC(C)=O)O[C@H](COC(C)=O)[C@@H](O[C@H]2O[C@@H](COC(C)=O)[C@H](OC(C)=O)[C@@H](OC(C)=O)[C@@H]2OC(C)=O)[C@@H]1O[C@H]1O[C@@H](C)[C@H](OC(C)=O)[C@@H](OC(C)=O)[C@@H]1OC(C)=O. The first-order valence-corrected chi connectivity index (χ1v) is 19.4. The van der Waals surface area contributed by atoms with Crippen molar-refractivity contribution in [2.24, 2.45) is 0 Å². The van der Waals surface area contributed by atoms with E-state index in [1.807, 2.05) is 0 Å². The number of esters is 9. The normalized spacial score (nSPS) is 32.6. The molecule has 3 aliphatic rings. The van der Waals surface area contributed by atoms with Gasteiger partial charge in [-0.1, -0.05) is 0 Å². The van der Waals surface area contributed by atoms with Gasteiger partial charge in [0.25, 0.3) is 0 Å². The molecular weight excluding hydrogens is 854 g/mol. The standard InChI is InChI=1S/C38H53NO24/c1-14-28(53-18(5)43)32(55-20(7)45)34(57-22(9)47)37(52-14)63-31-27(39-15(2)40)36(59-24(11)49)60-25(12-50-16(3)41)29(31)62-38-35(58-23(10)48)33(56-21(8)46)30(54-19(6)44)26(61-38)13-51-17(4)42/h14,25-38H,12-13H2,1-11H3,(H,39,40)/t14-,25+,26-,27+,28-,29+,30-,31+,32+,33+,34-,35-,36+,37+,38+/m0/s1. The van der Waals surface area contributed by atoms with Crippen LogP contribution in [0.25, 0.3) is 0 Å². The van der Waals surface area contributed by atoms with Crippen molar-refractivity contribution in [2.75, 3.05) is 13.2 Å². The molecule has 0 saturated carbocycles. The van der Waals surface area contributed by atoms with E-state index in [1.165, 1.54) is 6.92 Å². The summed E-state index contributed by atoms with van der Waals surface area (Å²) in [6.07, 6.45) is -23.6. The van der Waals surface area contributed by atoms with Crippen LogP contribution in [0.1, 0.15) is 76.2 Å². The van der Waals surface area contributed by atoms with Gasteiger partial charge in [0.05, 0.1) is 6.10 Å². The molecular formula is C38H53NO24. The molecule has 0 radical (unpaired) electrons. The lowest BCUT2D eigenvalue weighted by Crippen LogP contribution is -2.70. The van der Waals surface area contributed by atoms with Gasteiger partial charge in [-0.05, 0) is 6.92 Å². The maximum atomic E-state index is 12.9. The van der Waals surface area contributed by atoms with Crippen molar-refractivity contribution in [2.45, 2.75) is 168 Å². The van der Waals surface area contributed by atoms with Gasteiger partial charge in [0, 0.05) is 69.2 Å². The van der Waals surface area contributed by atoms with Crippen LogP contribution in [0, 0.1) is 0 Å². The summed E-state index contributed by atoms with van der Waals surface area (Å²) in [5, 5.41) is 2.54. The lowest BCUT2D eigenvalue weighted by molar-refractivity contribution is -0.371. The van der Waals surface area contributed by atoms with Gasteiger partial charge in [-0.2, -0.15) is 0 Å². The fraction of sp³-hybridized carbons (Fsp3) is 0.737. The van der Waals surface area contributed by atoms with Crippen LogP contribution >= 0.6 is 0 Å². The van der Waals surface area contributed by atoms with Crippen molar-refractivity contribution in [3.05, 3.63) is 0 Å². The molecule has 3 fully saturated rings. The minimum atomic E-state index is -1.97. The number of rotatable bonds is 16. The molecule has 3 heterocycles. The van der Waals surface area contributed by atoms with E-state index in [4.69, 9.17) is 66.3 Å². The third-order valence-electron chi connectivity index (χ3n) is 8.91. The van der Waals surface area contributed by atoms with Crippen molar-refractivity contribution in [3.8, 4) is 0 Å². The molecule has 3 saturated heterocycles. The first-order chi connectivity index (χ1) is 29.4. The van der Waals surface area contributed by atoms with Crippen molar-refractivity contribution >= 4 is 59.6 Å². The van der Waals surface area contributed by atoms with E-state index in [9.17, 15) is 47.9 Å². The van der Waals surface area contributed by atoms with E-state index in [1.54, 1.807) is 0 Å². The molecule has 354 valence electrons. The van der Waals surface area contributed by atoms with Crippen molar-refractivity contribution in [1.29, 1.82) is 0 Å². The zero-order valence-corrected chi connectivity index (χ0v) is 36.4. The zero-order chi connectivity index (χ0) is 47.5. The van der Waals surface area contributed by atoms with Crippen LogP contribution in [0.3, 0.4) is 0 Å². The Kier molecular flexibility index (Phi) is 19.1. The highest BCUT2D eigenvalue weighted by Crippen LogP contribution is 2.37. The minimum absolute atomic E-state index is 0.669. The van der Waals surface area contributed by atoms with Crippen molar-refractivity contribution in [1.82, 2.24) is 5.32 Å². The zero-order valence-electron chi connectivity index (χ0n) is 36.4. The van der Waals surface area contributed by atoms with Gasteiger partial charge in [0.2, 0.25) is 12.2 Å². The number of nitrogens with one attached hydrogen (secondary N) is 1. The van der Waals surface area contributed by atoms with Crippen LogP contribution in [0.15, 0.2) is 0 Å². The molecule has 0 bridgehead atoms. The van der Waals surface area contributed by atoms with E-state index >= 15 is 0 Å². The minimum Gasteiger partial charge on any atom is -0.463 e. The van der Waals surface area contributed by atoms with E-state index in [2.05, 4.69) is 5.32 Å². The van der Waals surface area contributed by atoms with Crippen molar-refractivity contribution < 1.29 is 114 Å². The van der Waals surface area contributed by atoms with Crippen molar-refractivity contribution in [3.63, 3.8) is 0 Å². The molecule has 0 aliphatic carbocycles. The molecule has 0 aromatic rings. The Morgan fingerprint density at radius 2 is 0.730 bits per heavy atom. The quantitative estimate of drug-likeness (QED) is 0.139. The smallest absolute Gasteiger partial charge is 0.305 e. The van der Waals surface area contributed by atoms with Crippen LogP contribution in [0.5, 0.6) is 0 Å². The largest absolute Gasteiger partial charge is 0.463 e. The lowest BCUT2D eigenvalue weighted by atomic mass is 9.94. The molecule has 0 spiro atoms. The maximum absolute atomic E-state index is 12.9. The third-order valence-corrected chi connectivity index (χ3v) is 8.91. The summed E-state index contributed by atoms with van der Waals surface area (Å²) in [4.78, 5) is 124. The van der Waals surface area contributed by atoms with Gasteiger partial charge in [-0.15, -0.1) is 0 Å². The van der Waals surface area contributed by atoms with Crippen LogP contribution in [-0.2, 0) is 114 Å². The summed E-state index contributed by atoms with van der Waals surface area (Å²) in [5.74, 6) is -9.00. The lowest BCUT2D eigenvalue weighted by Gasteiger charge is -2.51. The number of carbonyl (C=O) groups is 10. The summed E-state index contributed by atoms with van der Waals surface area (Å²) in [5.41, 5.74) is 0. The van der Waals surface area contributed by atoms with Gasteiger partial charge in [-0.25, -0.2) is 0 Å². The second kappa shape index (κ2) is 23.3. The fourth-order valence-electron chi connectivity index (χ4n) is 6.90. The topological polar surface area (TPSA) is 312 Å². The van der Waals surface area contributed by atoms with E-state index < -0.39 is 165 Å². The van der Waals surface area contributed by atoms with Gasteiger partial charge < -0.3 is 71.6 Å². The Hall–Kier alpha value is -5.50. The number of amides is 1. The average Bonchev–Trinajstić information content (AvgIpc) is 3.12. The maximum Gasteiger partial charge on any atom is 0.305 e. The highest BCUT2D eigenvalue weighted by atomic mass is 16.8. The van der Waals surface area contributed by atoms with E-state index in [0.717, 1.165) is 69.2 Å². The number of hydrogen-bond donors (Lipinski definition) is 1. The second-order valence-corrected chi connectivity index (χ2v) is 14.4. The summed E-state index contributed by atoms with van der Waals surface area (Å²) < 4.78 is 80.2. The predicted molar refractivity (Wildman–Crippen MR) is 197 cm³/mol. The Morgan fingerprint density at radius 3 is 1.16 bits per heavy atom. The Bertz CT molecular complexity index is 1720. The van der Waals surface area contributed by atoms with Gasteiger partial charge >= 0.3 is 53.7 Å². The summed E-state index contributed by atoms with van der Waals surface area (Å²) in [6.45, 7) is 10.3. The van der Waals surface area contributed by atoms with Gasteiger partial charge in [0.1, 0.15) is 43.7 Å². The van der Waals surface area contributed by atoms with Crippen LogP contribution in [0.4, 0.5) is 0 Å². The number of ether oxygens (including phenoxy) is 14. The molecule has 1 amide bonds. The highest BCUT2D eigenvalue weighted by Gasteiger charge is 2.59. The van der Waals surface area contributed by atoms with Crippen LogP contribution < -0.4 is 5.32 Å². The monoisotopic (exact) mass is 907 g/mol. The first-order valence-electron chi connectivity index (χ1n) is 19.4. The van der Waals surface area contributed by atoms with Crippen LogP contribution in [-0.4, -0.2) is 165 Å². The molecule has 0 aromatic heterocycles. The molecule has 1 N–H and O–H groups in total. The fourth-order valence-corrected chi connectivity index (χ4v) is 6.90. The van der Waals surface area contributed by atoms with Gasteiger partial charge in [0.15, 0.2) is 49.2 Å². The molecule has 25 nitrogen and oxygen atoms in total. The first kappa shape index (κ1) is 51.8. The summed E-state index contributed by atoms with van der Waals surface area (Å²) in [7, 11) is 0. The Labute approximate surface area is 360 Å². The third kappa shape index (κ3) is 15.4. The van der Waals surface area contributed by atoms with E-state index in [-0.39, 0.29) is 0 Å². The molecule has 3 rings (SSSR count). The van der Waals surface area contributed by atoms with E-state index in [0.29, 0.717) is 0 Å².